The van der Waals surface area contributed by atoms with Crippen LogP contribution in [0.1, 0.15) is 10.4 Å². The molecule has 0 saturated carbocycles. The van der Waals surface area contributed by atoms with Crippen LogP contribution in [0.3, 0.4) is 0 Å². The average molecular weight is 387 g/mol. The molecule has 0 unspecified atom stereocenters. The first-order valence-corrected chi connectivity index (χ1v) is 9.17. The number of H-pyrrole nitrogens is 1. The molecule has 1 heterocycles. The van der Waals surface area contributed by atoms with Crippen molar-refractivity contribution in [1.29, 1.82) is 0 Å². The van der Waals surface area contributed by atoms with Crippen LogP contribution in [0, 0.1) is 0 Å². The Labute approximate surface area is 168 Å². The van der Waals surface area contributed by atoms with Crippen molar-refractivity contribution in [1.82, 2.24) is 4.98 Å². The Hall–Kier alpha value is -3.73. The summed E-state index contributed by atoms with van der Waals surface area (Å²) in [5.41, 5.74) is 5.39. The molecule has 0 saturated heterocycles. The molecule has 0 spiro atoms. The highest BCUT2D eigenvalue weighted by molar-refractivity contribution is 6.05. The Morgan fingerprint density at radius 2 is 1.41 bits per heavy atom. The highest BCUT2D eigenvalue weighted by Crippen LogP contribution is 2.39. The normalized spacial score (nSPS) is 10.7. The van der Waals surface area contributed by atoms with Crippen LogP contribution in [0.5, 0.6) is 11.5 Å². The van der Waals surface area contributed by atoms with Gasteiger partial charge in [0.25, 0.3) is 0 Å². The minimum absolute atomic E-state index is 0.355. The molecule has 0 radical (unpaired) electrons. The van der Waals surface area contributed by atoms with Crippen LogP contribution < -0.4 is 9.47 Å². The summed E-state index contributed by atoms with van der Waals surface area (Å²) in [6.45, 7) is 0. The van der Waals surface area contributed by atoms with Crippen molar-refractivity contribution < 1.29 is 19.0 Å². The van der Waals surface area contributed by atoms with Crippen LogP contribution in [0.15, 0.2) is 66.9 Å². The van der Waals surface area contributed by atoms with E-state index in [0.717, 1.165) is 44.7 Å². The van der Waals surface area contributed by atoms with Gasteiger partial charge in [-0.25, -0.2) is 4.79 Å². The molecule has 5 heteroatoms. The molecule has 29 heavy (non-hydrogen) atoms. The number of hydrogen-bond donors (Lipinski definition) is 1. The molecule has 0 amide bonds. The first kappa shape index (κ1) is 18.6. The maximum absolute atomic E-state index is 12.0. The largest absolute Gasteiger partial charge is 0.496 e. The minimum Gasteiger partial charge on any atom is -0.496 e. The molecule has 1 N–H and O–H groups in total. The Balaban J connectivity index is 1.75. The van der Waals surface area contributed by atoms with E-state index in [4.69, 9.17) is 14.2 Å². The standard InChI is InChI=1S/C24H21NO4/c1-27-21-5-4-6-22(28-2)23(21)16-9-7-15(8-10-16)17-11-12-20-18(13-17)19(14-25-20)24(26)29-3/h4-14,25H,1-3H3. The van der Waals surface area contributed by atoms with Crippen LogP contribution in [0.4, 0.5) is 0 Å². The Kier molecular flexibility index (Phi) is 4.96. The second kappa shape index (κ2) is 7.72. The maximum atomic E-state index is 12.0. The van der Waals surface area contributed by atoms with E-state index in [-0.39, 0.29) is 5.97 Å². The topological polar surface area (TPSA) is 60.6 Å². The second-order valence-corrected chi connectivity index (χ2v) is 6.57. The minimum atomic E-state index is -0.355. The third-order valence-electron chi connectivity index (χ3n) is 5.02. The smallest absolute Gasteiger partial charge is 0.340 e. The number of carbonyl (C=O) groups excluding carboxylic acids is 1. The summed E-state index contributed by atoms with van der Waals surface area (Å²) in [7, 11) is 4.69. The van der Waals surface area contributed by atoms with Crippen LogP contribution >= 0.6 is 0 Å². The van der Waals surface area contributed by atoms with E-state index in [0.29, 0.717) is 5.56 Å². The first-order valence-electron chi connectivity index (χ1n) is 9.17. The van der Waals surface area contributed by atoms with Crippen LogP contribution in [0.25, 0.3) is 33.2 Å². The number of aromatic nitrogens is 1. The van der Waals surface area contributed by atoms with Gasteiger partial charge in [0, 0.05) is 17.1 Å². The third-order valence-corrected chi connectivity index (χ3v) is 5.02. The lowest BCUT2D eigenvalue weighted by atomic mass is 9.98. The van der Waals surface area contributed by atoms with Gasteiger partial charge in [0.1, 0.15) is 11.5 Å². The van der Waals surface area contributed by atoms with Gasteiger partial charge in [-0.05, 0) is 41.0 Å². The van der Waals surface area contributed by atoms with Gasteiger partial charge in [-0.15, -0.1) is 0 Å². The molecule has 0 bridgehead atoms. The summed E-state index contributed by atoms with van der Waals surface area (Å²) in [6.07, 6.45) is 1.68. The molecule has 3 aromatic carbocycles. The fraction of sp³-hybridized carbons (Fsp3) is 0.125. The van der Waals surface area contributed by atoms with E-state index >= 15 is 0 Å². The van der Waals surface area contributed by atoms with Crippen LogP contribution in [-0.4, -0.2) is 32.3 Å². The van der Waals surface area contributed by atoms with Gasteiger partial charge in [0.2, 0.25) is 0 Å². The number of benzene rings is 3. The van der Waals surface area contributed by atoms with Crippen LogP contribution in [0.2, 0.25) is 0 Å². The lowest BCUT2D eigenvalue weighted by Crippen LogP contribution is -1.99. The van der Waals surface area contributed by atoms with Gasteiger partial charge in [0.05, 0.1) is 32.5 Å². The van der Waals surface area contributed by atoms with E-state index in [1.54, 1.807) is 20.4 Å². The highest BCUT2D eigenvalue weighted by atomic mass is 16.5. The van der Waals surface area contributed by atoms with Crippen molar-refractivity contribution in [3.8, 4) is 33.8 Å². The number of rotatable bonds is 5. The Bertz CT molecular complexity index is 1150. The zero-order valence-corrected chi connectivity index (χ0v) is 16.5. The second-order valence-electron chi connectivity index (χ2n) is 6.57. The lowest BCUT2D eigenvalue weighted by Gasteiger charge is -2.13. The van der Waals surface area contributed by atoms with E-state index in [2.05, 4.69) is 4.98 Å². The molecule has 1 aromatic heterocycles. The molecule has 146 valence electrons. The average Bonchev–Trinajstić information content (AvgIpc) is 3.21. The van der Waals surface area contributed by atoms with E-state index in [1.165, 1.54) is 7.11 Å². The van der Waals surface area contributed by atoms with Crippen molar-refractivity contribution in [2.45, 2.75) is 0 Å². The van der Waals surface area contributed by atoms with Crippen molar-refractivity contribution >= 4 is 16.9 Å². The number of esters is 1. The number of aromatic amines is 1. The van der Waals surface area contributed by atoms with Crippen molar-refractivity contribution in [3.63, 3.8) is 0 Å². The lowest BCUT2D eigenvalue weighted by molar-refractivity contribution is 0.0603. The number of hydrogen-bond acceptors (Lipinski definition) is 4. The number of methoxy groups -OCH3 is 3. The SMILES string of the molecule is COC(=O)c1c[nH]c2ccc(-c3ccc(-c4c(OC)cccc4OC)cc3)cc12. The first-order chi connectivity index (χ1) is 14.2. The quantitative estimate of drug-likeness (QED) is 0.472. The zero-order valence-electron chi connectivity index (χ0n) is 16.5. The van der Waals surface area contributed by atoms with Crippen LogP contribution in [-0.2, 0) is 4.74 Å². The maximum Gasteiger partial charge on any atom is 0.340 e. The predicted octanol–water partition coefficient (Wildman–Crippen LogP) is 5.31. The Morgan fingerprint density at radius 1 is 0.793 bits per heavy atom. The molecule has 4 rings (SSSR count). The fourth-order valence-electron chi connectivity index (χ4n) is 3.54. The van der Waals surface area contributed by atoms with Gasteiger partial charge in [0.15, 0.2) is 0 Å². The zero-order chi connectivity index (χ0) is 20.4. The summed E-state index contributed by atoms with van der Waals surface area (Å²) >= 11 is 0. The molecular weight excluding hydrogens is 366 g/mol. The summed E-state index contributed by atoms with van der Waals surface area (Å²) in [4.78, 5) is 15.1. The van der Waals surface area contributed by atoms with Crippen molar-refractivity contribution in [2.75, 3.05) is 21.3 Å². The van der Waals surface area contributed by atoms with E-state index < -0.39 is 0 Å². The van der Waals surface area contributed by atoms with Gasteiger partial charge < -0.3 is 19.2 Å². The summed E-state index contributed by atoms with van der Waals surface area (Å²) < 4.78 is 15.9. The van der Waals surface area contributed by atoms with E-state index in [1.807, 2.05) is 60.7 Å². The summed E-state index contributed by atoms with van der Waals surface area (Å²) in [5, 5.41) is 0.838. The Morgan fingerprint density at radius 3 is 2.03 bits per heavy atom. The molecule has 0 aliphatic heterocycles. The molecule has 0 aliphatic rings. The summed E-state index contributed by atoms with van der Waals surface area (Å²) in [5.74, 6) is 1.16. The van der Waals surface area contributed by atoms with Crippen molar-refractivity contribution in [2.24, 2.45) is 0 Å². The number of nitrogens with one attached hydrogen (secondary N) is 1. The predicted molar refractivity (Wildman–Crippen MR) is 114 cm³/mol. The number of fused-ring (bicyclic) bond motifs is 1. The van der Waals surface area contributed by atoms with Crippen molar-refractivity contribution in [3.05, 3.63) is 72.4 Å². The fourth-order valence-corrected chi connectivity index (χ4v) is 3.54. The molecule has 5 nitrogen and oxygen atoms in total. The molecule has 4 aromatic rings. The number of ether oxygens (including phenoxy) is 3. The highest BCUT2D eigenvalue weighted by Gasteiger charge is 2.14. The van der Waals surface area contributed by atoms with Gasteiger partial charge in [-0.1, -0.05) is 36.4 Å². The molecular formula is C24H21NO4. The van der Waals surface area contributed by atoms with E-state index in [9.17, 15) is 4.79 Å². The molecule has 0 aliphatic carbocycles. The monoisotopic (exact) mass is 387 g/mol. The van der Waals surface area contributed by atoms with Gasteiger partial charge in [-0.2, -0.15) is 0 Å². The summed E-state index contributed by atoms with van der Waals surface area (Å²) in [6, 6.07) is 19.9. The molecule has 0 atom stereocenters. The van der Waals surface area contributed by atoms with Gasteiger partial charge in [-0.3, -0.25) is 0 Å². The molecule has 0 fully saturated rings. The third kappa shape index (κ3) is 3.31. The number of carbonyl (C=O) groups is 1. The van der Waals surface area contributed by atoms with Gasteiger partial charge >= 0.3 is 5.97 Å².